The topological polar surface area (TPSA) is 46.9 Å². The molecule has 1 amide bonds. The van der Waals surface area contributed by atoms with E-state index in [9.17, 15) is 4.79 Å². The third-order valence-corrected chi connectivity index (χ3v) is 4.29. The number of hydrogen-bond acceptors (Lipinski definition) is 2. The molecule has 0 aliphatic rings. The van der Waals surface area contributed by atoms with Crippen molar-refractivity contribution in [2.75, 3.05) is 5.32 Å². The van der Waals surface area contributed by atoms with E-state index < -0.39 is 0 Å². The predicted octanol–water partition coefficient (Wildman–Crippen LogP) is 3.95. The van der Waals surface area contributed by atoms with Gasteiger partial charge in [-0.3, -0.25) is 9.48 Å². The predicted molar refractivity (Wildman–Crippen MR) is 94.8 cm³/mol. The number of carbonyl (C=O) groups is 1. The molecular formula is C19H27N3O. The van der Waals surface area contributed by atoms with Crippen LogP contribution in [-0.4, -0.2) is 15.7 Å². The second kappa shape index (κ2) is 6.99. The zero-order valence-electron chi connectivity index (χ0n) is 15.0. The van der Waals surface area contributed by atoms with Crippen LogP contribution in [0, 0.1) is 33.6 Å². The van der Waals surface area contributed by atoms with E-state index in [4.69, 9.17) is 0 Å². The SMILES string of the molecule is Cc1cccc(NC(=O)Cc2c(C)nn(CC(C)C)c2C)c1C. The number of nitrogens with zero attached hydrogens (tertiary/aromatic N) is 2. The molecule has 4 heteroatoms. The molecule has 1 N–H and O–H groups in total. The fourth-order valence-electron chi connectivity index (χ4n) is 2.75. The zero-order chi connectivity index (χ0) is 17.1. The van der Waals surface area contributed by atoms with Crippen LogP contribution in [0.3, 0.4) is 0 Å². The Bertz CT molecular complexity index is 714. The van der Waals surface area contributed by atoms with Crippen molar-refractivity contribution >= 4 is 11.6 Å². The minimum absolute atomic E-state index is 0.00833. The van der Waals surface area contributed by atoms with Crippen LogP contribution in [0.4, 0.5) is 5.69 Å². The first-order chi connectivity index (χ1) is 10.8. The average Bonchev–Trinajstić information content (AvgIpc) is 2.71. The molecule has 4 nitrogen and oxygen atoms in total. The quantitative estimate of drug-likeness (QED) is 0.908. The Hall–Kier alpha value is -2.10. The van der Waals surface area contributed by atoms with Gasteiger partial charge < -0.3 is 5.32 Å². The Morgan fingerprint density at radius 1 is 1.22 bits per heavy atom. The molecule has 0 aliphatic heterocycles. The molecule has 0 radical (unpaired) electrons. The lowest BCUT2D eigenvalue weighted by molar-refractivity contribution is -0.115. The highest BCUT2D eigenvalue weighted by molar-refractivity contribution is 5.93. The number of benzene rings is 1. The van der Waals surface area contributed by atoms with Crippen molar-refractivity contribution in [2.24, 2.45) is 5.92 Å². The Morgan fingerprint density at radius 2 is 1.91 bits per heavy atom. The molecule has 0 spiro atoms. The van der Waals surface area contributed by atoms with Gasteiger partial charge in [-0.15, -0.1) is 0 Å². The second-order valence-electron chi connectivity index (χ2n) is 6.70. The summed E-state index contributed by atoms with van der Waals surface area (Å²) in [7, 11) is 0. The molecular weight excluding hydrogens is 286 g/mol. The molecule has 1 heterocycles. The van der Waals surface area contributed by atoms with Crippen molar-refractivity contribution in [3.05, 3.63) is 46.3 Å². The molecule has 0 unspecified atom stereocenters. The van der Waals surface area contributed by atoms with Crippen LogP contribution in [0.5, 0.6) is 0 Å². The summed E-state index contributed by atoms with van der Waals surface area (Å²) in [6.07, 6.45) is 0.364. The minimum atomic E-state index is 0.00833. The number of amides is 1. The van der Waals surface area contributed by atoms with Gasteiger partial charge in [-0.05, 0) is 50.8 Å². The van der Waals surface area contributed by atoms with Crippen molar-refractivity contribution in [1.29, 1.82) is 0 Å². The highest BCUT2D eigenvalue weighted by Crippen LogP contribution is 2.20. The number of rotatable bonds is 5. The summed E-state index contributed by atoms with van der Waals surface area (Å²) in [6.45, 7) is 13.3. The van der Waals surface area contributed by atoms with Crippen LogP contribution in [0.2, 0.25) is 0 Å². The molecule has 0 bridgehead atoms. The summed E-state index contributed by atoms with van der Waals surface area (Å²) in [4.78, 5) is 12.4. The molecule has 1 aromatic heterocycles. The summed E-state index contributed by atoms with van der Waals surface area (Å²) >= 11 is 0. The first-order valence-corrected chi connectivity index (χ1v) is 8.18. The van der Waals surface area contributed by atoms with Crippen molar-refractivity contribution in [1.82, 2.24) is 9.78 Å². The summed E-state index contributed by atoms with van der Waals surface area (Å²) < 4.78 is 2.01. The van der Waals surface area contributed by atoms with Gasteiger partial charge in [0, 0.05) is 23.5 Å². The fraction of sp³-hybridized carbons (Fsp3) is 0.474. The summed E-state index contributed by atoms with van der Waals surface area (Å²) in [5, 5.41) is 7.61. The van der Waals surface area contributed by atoms with Gasteiger partial charge in [0.05, 0.1) is 12.1 Å². The third kappa shape index (κ3) is 4.01. The van der Waals surface area contributed by atoms with E-state index in [-0.39, 0.29) is 5.91 Å². The molecule has 0 aliphatic carbocycles. The molecule has 23 heavy (non-hydrogen) atoms. The van der Waals surface area contributed by atoms with E-state index in [1.165, 1.54) is 5.56 Å². The van der Waals surface area contributed by atoms with E-state index in [1.807, 2.05) is 37.6 Å². The van der Waals surface area contributed by atoms with Crippen LogP contribution in [0.25, 0.3) is 0 Å². The molecule has 124 valence electrons. The maximum Gasteiger partial charge on any atom is 0.228 e. The van der Waals surface area contributed by atoms with Crippen molar-refractivity contribution in [3.8, 4) is 0 Å². The molecule has 0 saturated carbocycles. The molecule has 2 aromatic rings. The van der Waals surface area contributed by atoms with Crippen LogP contribution < -0.4 is 5.32 Å². The van der Waals surface area contributed by atoms with Crippen LogP contribution in [0.1, 0.15) is 41.9 Å². The monoisotopic (exact) mass is 313 g/mol. The average molecular weight is 313 g/mol. The second-order valence-corrected chi connectivity index (χ2v) is 6.70. The first kappa shape index (κ1) is 17.3. The van der Waals surface area contributed by atoms with Gasteiger partial charge in [0.25, 0.3) is 0 Å². The Labute approximate surface area is 138 Å². The van der Waals surface area contributed by atoms with E-state index in [0.29, 0.717) is 12.3 Å². The largest absolute Gasteiger partial charge is 0.326 e. The normalized spacial score (nSPS) is 11.1. The lowest BCUT2D eigenvalue weighted by Crippen LogP contribution is -2.16. The van der Waals surface area contributed by atoms with Gasteiger partial charge in [0.1, 0.15) is 0 Å². The van der Waals surface area contributed by atoms with E-state index in [0.717, 1.165) is 34.7 Å². The van der Waals surface area contributed by atoms with Gasteiger partial charge in [-0.1, -0.05) is 26.0 Å². The lowest BCUT2D eigenvalue weighted by atomic mass is 10.1. The van der Waals surface area contributed by atoms with Crippen molar-refractivity contribution in [2.45, 2.75) is 54.5 Å². The number of hydrogen-bond donors (Lipinski definition) is 1. The number of carbonyl (C=O) groups excluding carboxylic acids is 1. The Morgan fingerprint density at radius 3 is 2.57 bits per heavy atom. The van der Waals surface area contributed by atoms with E-state index >= 15 is 0 Å². The Kier molecular flexibility index (Phi) is 5.24. The van der Waals surface area contributed by atoms with Gasteiger partial charge >= 0.3 is 0 Å². The number of aromatic nitrogens is 2. The summed E-state index contributed by atoms with van der Waals surface area (Å²) in [5.74, 6) is 0.540. The van der Waals surface area contributed by atoms with Gasteiger partial charge in [-0.25, -0.2) is 0 Å². The maximum atomic E-state index is 12.4. The van der Waals surface area contributed by atoms with E-state index in [2.05, 4.69) is 37.3 Å². The molecule has 1 aromatic carbocycles. The molecule has 0 saturated heterocycles. The molecule has 0 atom stereocenters. The smallest absolute Gasteiger partial charge is 0.228 e. The van der Waals surface area contributed by atoms with Crippen molar-refractivity contribution in [3.63, 3.8) is 0 Å². The minimum Gasteiger partial charge on any atom is -0.326 e. The van der Waals surface area contributed by atoms with E-state index in [1.54, 1.807) is 0 Å². The molecule has 0 fully saturated rings. The number of aryl methyl sites for hydroxylation is 2. The summed E-state index contributed by atoms with van der Waals surface area (Å²) in [6, 6.07) is 5.96. The lowest BCUT2D eigenvalue weighted by Gasteiger charge is -2.11. The van der Waals surface area contributed by atoms with Gasteiger partial charge in [0.2, 0.25) is 5.91 Å². The highest BCUT2D eigenvalue weighted by Gasteiger charge is 2.16. The van der Waals surface area contributed by atoms with Crippen LogP contribution in [-0.2, 0) is 17.8 Å². The molecule has 2 rings (SSSR count). The van der Waals surface area contributed by atoms with Crippen molar-refractivity contribution < 1.29 is 4.79 Å². The third-order valence-electron chi connectivity index (χ3n) is 4.29. The van der Waals surface area contributed by atoms with Gasteiger partial charge in [0.15, 0.2) is 0 Å². The maximum absolute atomic E-state index is 12.4. The summed E-state index contributed by atoms with van der Waals surface area (Å²) in [5.41, 5.74) is 6.25. The van der Waals surface area contributed by atoms with Gasteiger partial charge in [-0.2, -0.15) is 5.10 Å². The highest BCUT2D eigenvalue weighted by atomic mass is 16.1. The van der Waals surface area contributed by atoms with Crippen LogP contribution >= 0.6 is 0 Å². The fourth-order valence-corrected chi connectivity index (χ4v) is 2.75. The number of anilines is 1. The van der Waals surface area contributed by atoms with Crippen LogP contribution in [0.15, 0.2) is 18.2 Å². The standard InChI is InChI=1S/C19H27N3O/c1-12(2)11-22-16(6)17(15(5)21-22)10-19(23)20-18-9-7-8-13(3)14(18)4/h7-9,12H,10-11H2,1-6H3,(H,20,23). The zero-order valence-corrected chi connectivity index (χ0v) is 15.0. The Balaban J connectivity index is 2.14. The number of nitrogens with one attached hydrogen (secondary N) is 1. The first-order valence-electron chi connectivity index (χ1n) is 8.18.